The van der Waals surface area contributed by atoms with E-state index in [0.717, 1.165) is 6.54 Å². The monoisotopic (exact) mass is 219 g/mol. The average Bonchev–Trinajstić information content (AvgIpc) is 2.28. The van der Waals surface area contributed by atoms with Gasteiger partial charge in [0.25, 0.3) is 0 Å². The van der Waals surface area contributed by atoms with Crippen molar-refractivity contribution in [1.82, 2.24) is 4.90 Å². The Morgan fingerprint density at radius 3 is 2.31 bits per heavy atom. The van der Waals surface area contributed by atoms with E-state index in [2.05, 4.69) is 63.9 Å². The van der Waals surface area contributed by atoms with Crippen LogP contribution in [-0.4, -0.2) is 17.5 Å². The molecular formula is C15H25N. The molecule has 0 aliphatic carbocycles. The van der Waals surface area contributed by atoms with E-state index in [1.165, 1.54) is 24.0 Å². The van der Waals surface area contributed by atoms with E-state index in [4.69, 9.17) is 0 Å². The maximum Gasteiger partial charge on any atom is 0.0236 e. The molecular weight excluding hydrogens is 194 g/mol. The number of hydrogen-bond acceptors (Lipinski definition) is 1. The minimum absolute atomic E-state index is 0.323. The molecule has 90 valence electrons. The van der Waals surface area contributed by atoms with Crippen molar-refractivity contribution in [3.05, 3.63) is 35.4 Å². The van der Waals surface area contributed by atoms with Gasteiger partial charge in [-0.15, -0.1) is 0 Å². The smallest absolute Gasteiger partial charge is 0.0236 e. The highest BCUT2D eigenvalue weighted by atomic mass is 15.2. The minimum Gasteiger partial charge on any atom is -0.297 e. The van der Waals surface area contributed by atoms with E-state index in [-0.39, 0.29) is 0 Å². The average molecular weight is 219 g/mol. The fourth-order valence-corrected chi connectivity index (χ4v) is 2.07. The van der Waals surface area contributed by atoms with Gasteiger partial charge in [0.1, 0.15) is 0 Å². The highest BCUT2D eigenvalue weighted by Gasteiger charge is 2.24. The maximum atomic E-state index is 2.47. The van der Waals surface area contributed by atoms with Gasteiger partial charge in [0, 0.05) is 12.1 Å². The second-order valence-corrected chi connectivity index (χ2v) is 5.05. The SMILES string of the molecule is CCC(C)(CC)N(C)Cc1cccc(C)c1. The Morgan fingerprint density at radius 1 is 1.19 bits per heavy atom. The number of nitrogens with zero attached hydrogens (tertiary/aromatic N) is 1. The largest absolute Gasteiger partial charge is 0.297 e. The van der Waals surface area contributed by atoms with E-state index < -0.39 is 0 Å². The van der Waals surface area contributed by atoms with Crippen LogP contribution in [0.15, 0.2) is 24.3 Å². The quantitative estimate of drug-likeness (QED) is 0.723. The van der Waals surface area contributed by atoms with Gasteiger partial charge in [0.05, 0.1) is 0 Å². The van der Waals surface area contributed by atoms with Crippen LogP contribution in [0.4, 0.5) is 0 Å². The Bertz CT molecular complexity index is 326. The Kier molecular flexibility index (Phi) is 4.55. The van der Waals surface area contributed by atoms with Crippen molar-refractivity contribution in [2.24, 2.45) is 0 Å². The standard InChI is InChI=1S/C15H25N/c1-6-15(4,7-2)16(5)12-14-10-8-9-13(3)11-14/h8-11H,6-7,12H2,1-5H3. The van der Waals surface area contributed by atoms with E-state index in [0.29, 0.717) is 5.54 Å². The molecule has 1 nitrogen and oxygen atoms in total. The number of benzene rings is 1. The van der Waals surface area contributed by atoms with Crippen molar-refractivity contribution in [1.29, 1.82) is 0 Å². The molecule has 1 rings (SSSR count). The molecule has 0 bridgehead atoms. The van der Waals surface area contributed by atoms with Gasteiger partial charge in [0.2, 0.25) is 0 Å². The zero-order valence-corrected chi connectivity index (χ0v) is 11.4. The van der Waals surface area contributed by atoms with Crippen LogP contribution in [0.25, 0.3) is 0 Å². The Hall–Kier alpha value is -0.820. The summed E-state index contributed by atoms with van der Waals surface area (Å²) in [6.45, 7) is 10.1. The lowest BCUT2D eigenvalue weighted by atomic mass is 9.93. The first-order valence-electron chi connectivity index (χ1n) is 6.28. The van der Waals surface area contributed by atoms with Crippen LogP contribution in [-0.2, 0) is 6.54 Å². The van der Waals surface area contributed by atoms with Crippen molar-refractivity contribution >= 4 is 0 Å². The zero-order chi connectivity index (χ0) is 12.2. The van der Waals surface area contributed by atoms with Crippen LogP contribution >= 0.6 is 0 Å². The number of aryl methyl sites for hydroxylation is 1. The molecule has 0 spiro atoms. The predicted molar refractivity (Wildman–Crippen MR) is 71.6 cm³/mol. The molecule has 16 heavy (non-hydrogen) atoms. The first-order valence-corrected chi connectivity index (χ1v) is 6.28. The van der Waals surface area contributed by atoms with Crippen molar-refractivity contribution in [2.75, 3.05) is 7.05 Å². The number of rotatable bonds is 5. The van der Waals surface area contributed by atoms with E-state index in [1.54, 1.807) is 0 Å². The maximum absolute atomic E-state index is 2.47. The third-order valence-electron chi connectivity index (χ3n) is 3.95. The summed E-state index contributed by atoms with van der Waals surface area (Å²) in [6.07, 6.45) is 2.40. The summed E-state index contributed by atoms with van der Waals surface area (Å²) in [6, 6.07) is 8.80. The summed E-state index contributed by atoms with van der Waals surface area (Å²) >= 11 is 0. The van der Waals surface area contributed by atoms with Gasteiger partial charge in [0.15, 0.2) is 0 Å². The molecule has 0 aliphatic heterocycles. The van der Waals surface area contributed by atoms with E-state index in [1.807, 2.05) is 0 Å². The molecule has 1 aromatic carbocycles. The summed E-state index contributed by atoms with van der Waals surface area (Å²) in [5.41, 5.74) is 3.08. The van der Waals surface area contributed by atoms with Gasteiger partial charge in [-0.2, -0.15) is 0 Å². The van der Waals surface area contributed by atoms with Crippen molar-refractivity contribution in [2.45, 2.75) is 52.6 Å². The topological polar surface area (TPSA) is 3.24 Å². The Labute approximate surface area is 100 Å². The first-order chi connectivity index (χ1) is 7.51. The van der Waals surface area contributed by atoms with Crippen LogP contribution in [0.3, 0.4) is 0 Å². The third kappa shape index (κ3) is 3.08. The molecule has 0 amide bonds. The summed E-state index contributed by atoms with van der Waals surface area (Å²) in [7, 11) is 2.23. The molecule has 0 fully saturated rings. The lowest BCUT2D eigenvalue weighted by molar-refractivity contribution is 0.119. The zero-order valence-electron chi connectivity index (χ0n) is 11.4. The minimum atomic E-state index is 0.323. The highest BCUT2D eigenvalue weighted by molar-refractivity contribution is 5.22. The van der Waals surface area contributed by atoms with E-state index >= 15 is 0 Å². The molecule has 0 unspecified atom stereocenters. The van der Waals surface area contributed by atoms with E-state index in [9.17, 15) is 0 Å². The second kappa shape index (κ2) is 5.49. The van der Waals surface area contributed by atoms with Gasteiger partial charge >= 0.3 is 0 Å². The molecule has 0 atom stereocenters. The van der Waals surface area contributed by atoms with Gasteiger partial charge < -0.3 is 0 Å². The van der Waals surface area contributed by atoms with Gasteiger partial charge in [-0.05, 0) is 39.3 Å². The van der Waals surface area contributed by atoms with Crippen molar-refractivity contribution < 1.29 is 0 Å². The summed E-state index contributed by atoms with van der Waals surface area (Å²) < 4.78 is 0. The first kappa shape index (κ1) is 13.2. The molecule has 0 saturated heterocycles. The lowest BCUT2D eigenvalue weighted by Gasteiger charge is -2.37. The lowest BCUT2D eigenvalue weighted by Crippen LogP contribution is -2.42. The predicted octanol–water partition coefficient (Wildman–Crippen LogP) is 4.01. The third-order valence-corrected chi connectivity index (χ3v) is 3.95. The van der Waals surface area contributed by atoms with Crippen LogP contribution in [0.5, 0.6) is 0 Å². The Balaban J connectivity index is 2.74. The van der Waals surface area contributed by atoms with Crippen LogP contribution in [0.1, 0.15) is 44.7 Å². The Morgan fingerprint density at radius 2 is 1.81 bits per heavy atom. The van der Waals surface area contributed by atoms with Crippen molar-refractivity contribution in [3.8, 4) is 0 Å². The molecule has 1 aromatic rings. The van der Waals surface area contributed by atoms with Crippen molar-refractivity contribution in [3.63, 3.8) is 0 Å². The molecule has 0 N–H and O–H groups in total. The van der Waals surface area contributed by atoms with Crippen LogP contribution < -0.4 is 0 Å². The molecule has 0 aromatic heterocycles. The van der Waals surface area contributed by atoms with Gasteiger partial charge in [-0.25, -0.2) is 0 Å². The van der Waals surface area contributed by atoms with Crippen LogP contribution in [0, 0.1) is 6.92 Å². The fraction of sp³-hybridized carbons (Fsp3) is 0.600. The molecule has 1 heteroatoms. The normalized spacial score (nSPS) is 12.1. The second-order valence-electron chi connectivity index (χ2n) is 5.05. The number of hydrogen-bond donors (Lipinski definition) is 0. The summed E-state index contributed by atoms with van der Waals surface area (Å²) in [5.74, 6) is 0. The molecule has 0 aliphatic rings. The summed E-state index contributed by atoms with van der Waals surface area (Å²) in [4.78, 5) is 2.47. The fourth-order valence-electron chi connectivity index (χ4n) is 2.07. The summed E-state index contributed by atoms with van der Waals surface area (Å²) in [5, 5.41) is 0. The molecule has 0 saturated carbocycles. The van der Waals surface area contributed by atoms with Crippen LogP contribution in [0.2, 0.25) is 0 Å². The highest BCUT2D eigenvalue weighted by Crippen LogP contribution is 2.23. The molecule has 0 radical (unpaired) electrons. The van der Waals surface area contributed by atoms with Gasteiger partial charge in [-0.3, -0.25) is 4.90 Å². The van der Waals surface area contributed by atoms with Gasteiger partial charge in [-0.1, -0.05) is 43.7 Å². The molecule has 0 heterocycles.